The molecule has 3 nitrogen and oxygen atoms in total. The van der Waals surface area contributed by atoms with E-state index in [1.807, 2.05) is 0 Å². The van der Waals surface area contributed by atoms with Crippen LogP contribution in [0.1, 0.15) is 58.8 Å². The van der Waals surface area contributed by atoms with Gasteiger partial charge in [-0.3, -0.25) is 0 Å². The van der Waals surface area contributed by atoms with Gasteiger partial charge in [-0.25, -0.2) is 0 Å². The quantitative estimate of drug-likeness (QED) is 0.794. The predicted octanol–water partition coefficient (Wildman–Crippen LogP) is 3.11. The fraction of sp³-hybridized carbons (Fsp3) is 1.00. The Bertz CT molecular complexity index is 302. The van der Waals surface area contributed by atoms with Crippen molar-refractivity contribution in [1.82, 2.24) is 0 Å². The molecule has 1 saturated heterocycles. The molecule has 0 aromatic rings. The predicted molar refractivity (Wildman–Crippen MR) is 73.7 cm³/mol. The molecule has 1 spiro atoms. The molecule has 110 valence electrons. The Hall–Kier alpha value is -0.120. The van der Waals surface area contributed by atoms with Crippen LogP contribution in [0.3, 0.4) is 0 Å². The molecule has 1 N–H and O–H groups in total. The minimum Gasteiger partial charge on any atom is -0.390 e. The van der Waals surface area contributed by atoms with Crippen molar-refractivity contribution in [1.29, 1.82) is 0 Å². The van der Waals surface area contributed by atoms with Crippen LogP contribution >= 0.6 is 0 Å². The van der Waals surface area contributed by atoms with Crippen molar-refractivity contribution in [2.75, 3.05) is 13.2 Å². The molecular weight excluding hydrogens is 240 g/mol. The molecule has 0 bridgehead atoms. The molecule has 1 aliphatic heterocycles. The van der Waals surface area contributed by atoms with E-state index in [0.717, 1.165) is 50.7 Å². The van der Waals surface area contributed by atoms with Gasteiger partial charge < -0.3 is 14.6 Å². The first kappa shape index (κ1) is 13.8. The van der Waals surface area contributed by atoms with Crippen molar-refractivity contribution in [3.8, 4) is 0 Å². The van der Waals surface area contributed by atoms with Gasteiger partial charge in [0.05, 0.1) is 18.8 Å². The van der Waals surface area contributed by atoms with Crippen molar-refractivity contribution in [3.05, 3.63) is 0 Å². The molecule has 0 amide bonds. The van der Waals surface area contributed by atoms with E-state index in [4.69, 9.17) is 9.47 Å². The highest BCUT2D eigenvalue weighted by Crippen LogP contribution is 2.48. The summed E-state index contributed by atoms with van der Waals surface area (Å²) < 4.78 is 11.5. The second-order valence-electron chi connectivity index (χ2n) is 7.33. The van der Waals surface area contributed by atoms with E-state index < -0.39 is 5.60 Å². The lowest BCUT2D eigenvalue weighted by Crippen LogP contribution is -2.49. The molecule has 3 fully saturated rings. The lowest BCUT2D eigenvalue weighted by atomic mass is 9.64. The molecular formula is C16H28O3. The number of hydrogen-bond donors (Lipinski definition) is 1. The fourth-order valence-electron chi connectivity index (χ4n) is 4.64. The van der Waals surface area contributed by atoms with E-state index in [1.54, 1.807) is 0 Å². The second kappa shape index (κ2) is 5.01. The summed E-state index contributed by atoms with van der Waals surface area (Å²) >= 11 is 0. The van der Waals surface area contributed by atoms with Gasteiger partial charge in [0.25, 0.3) is 0 Å². The first-order chi connectivity index (χ1) is 9.01. The van der Waals surface area contributed by atoms with Gasteiger partial charge in [0.15, 0.2) is 5.79 Å². The van der Waals surface area contributed by atoms with Crippen LogP contribution in [0.2, 0.25) is 0 Å². The summed E-state index contributed by atoms with van der Waals surface area (Å²) in [6.45, 7) is 6.10. The van der Waals surface area contributed by atoms with Gasteiger partial charge in [-0.15, -0.1) is 0 Å². The molecule has 3 rings (SSSR count). The number of rotatable bonds is 1. The van der Waals surface area contributed by atoms with Crippen LogP contribution in [0.4, 0.5) is 0 Å². The Morgan fingerprint density at radius 3 is 1.89 bits per heavy atom. The summed E-state index contributed by atoms with van der Waals surface area (Å²) in [6, 6.07) is 0. The van der Waals surface area contributed by atoms with Crippen LogP contribution in [0.25, 0.3) is 0 Å². The summed E-state index contributed by atoms with van der Waals surface area (Å²) in [5.41, 5.74) is -0.469. The molecule has 0 aromatic carbocycles. The molecule has 2 aliphatic carbocycles. The van der Waals surface area contributed by atoms with Crippen LogP contribution < -0.4 is 0 Å². The van der Waals surface area contributed by atoms with E-state index in [1.165, 1.54) is 19.3 Å². The third-order valence-electron chi connectivity index (χ3n) is 5.63. The summed E-state index contributed by atoms with van der Waals surface area (Å²) in [5.74, 6) is 1.64. The number of aliphatic hydroxyl groups is 1. The molecule has 2 atom stereocenters. The Labute approximate surface area is 116 Å². The molecule has 3 heteroatoms. The van der Waals surface area contributed by atoms with Crippen LogP contribution in [0.15, 0.2) is 0 Å². The molecule has 2 saturated carbocycles. The molecule has 0 aromatic heterocycles. The van der Waals surface area contributed by atoms with E-state index in [9.17, 15) is 5.11 Å². The SMILES string of the molecule is CC1CC(C)CC(C2(O)CCC3(CC2)OCCO3)C1. The van der Waals surface area contributed by atoms with Gasteiger partial charge in [-0.05, 0) is 49.9 Å². The van der Waals surface area contributed by atoms with E-state index >= 15 is 0 Å². The monoisotopic (exact) mass is 268 g/mol. The fourth-order valence-corrected chi connectivity index (χ4v) is 4.64. The average molecular weight is 268 g/mol. The number of hydrogen-bond acceptors (Lipinski definition) is 3. The Morgan fingerprint density at radius 1 is 0.842 bits per heavy atom. The van der Waals surface area contributed by atoms with Gasteiger partial charge in [0.1, 0.15) is 0 Å². The highest BCUT2D eigenvalue weighted by atomic mass is 16.7. The smallest absolute Gasteiger partial charge is 0.168 e. The van der Waals surface area contributed by atoms with Gasteiger partial charge in [-0.1, -0.05) is 13.8 Å². The third-order valence-corrected chi connectivity index (χ3v) is 5.63. The second-order valence-corrected chi connectivity index (χ2v) is 7.33. The van der Waals surface area contributed by atoms with Crippen LogP contribution in [0, 0.1) is 17.8 Å². The maximum atomic E-state index is 11.1. The Kier molecular flexibility index (Phi) is 3.65. The minimum atomic E-state index is -0.469. The zero-order valence-electron chi connectivity index (χ0n) is 12.4. The van der Waals surface area contributed by atoms with Gasteiger partial charge in [0, 0.05) is 12.8 Å². The van der Waals surface area contributed by atoms with Crippen molar-refractivity contribution in [3.63, 3.8) is 0 Å². The molecule has 3 aliphatic rings. The van der Waals surface area contributed by atoms with Crippen LogP contribution in [-0.4, -0.2) is 29.7 Å². The minimum absolute atomic E-state index is 0.349. The summed E-state index contributed by atoms with van der Waals surface area (Å²) in [6.07, 6.45) is 7.12. The van der Waals surface area contributed by atoms with Crippen molar-refractivity contribution < 1.29 is 14.6 Å². The lowest BCUT2D eigenvalue weighted by Gasteiger charge is -2.47. The first-order valence-corrected chi connectivity index (χ1v) is 8.02. The van der Waals surface area contributed by atoms with E-state index in [2.05, 4.69) is 13.8 Å². The summed E-state index contributed by atoms with van der Waals surface area (Å²) in [7, 11) is 0. The Morgan fingerprint density at radius 2 is 1.37 bits per heavy atom. The summed E-state index contributed by atoms with van der Waals surface area (Å²) in [5, 5.41) is 11.1. The zero-order valence-corrected chi connectivity index (χ0v) is 12.4. The van der Waals surface area contributed by atoms with Crippen molar-refractivity contribution in [2.24, 2.45) is 17.8 Å². The van der Waals surface area contributed by atoms with Crippen molar-refractivity contribution in [2.45, 2.75) is 70.2 Å². The average Bonchev–Trinajstić information content (AvgIpc) is 2.81. The van der Waals surface area contributed by atoms with Gasteiger partial charge in [0.2, 0.25) is 0 Å². The highest BCUT2D eigenvalue weighted by Gasteiger charge is 2.49. The van der Waals surface area contributed by atoms with Crippen molar-refractivity contribution >= 4 is 0 Å². The topological polar surface area (TPSA) is 38.7 Å². The lowest BCUT2D eigenvalue weighted by molar-refractivity contribution is -0.213. The standard InChI is InChI=1S/C16H28O3/c1-12-9-13(2)11-14(10-12)15(17)3-5-16(6-4-15)18-7-8-19-16/h12-14,17H,3-11H2,1-2H3. The molecule has 2 unspecified atom stereocenters. The molecule has 1 heterocycles. The number of ether oxygens (including phenoxy) is 2. The van der Waals surface area contributed by atoms with E-state index in [0.29, 0.717) is 5.92 Å². The first-order valence-electron chi connectivity index (χ1n) is 8.02. The zero-order chi connectivity index (χ0) is 13.5. The van der Waals surface area contributed by atoms with Gasteiger partial charge in [-0.2, -0.15) is 0 Å². The maximum Gasteiger partial charge on any atom is 0.168 e. The van der Waals surface area contributed by atoms with Gasteiger partial charge >= 0.3 is 0 Å². The summed E-state index contributed by atoms with van der Waals surface area (Å²) in [4.78, 5) is 0. The molecule has 19 heavy (non-hydrogen) atoms. The maximum absolute atomic E-state index is 11.1. The third kappa shape index (κ3) is 2.70. The molecule has 0 radical (unpaired) electrons. The normalized spacial score (nSPS) is 41.5. The van der Waals surface area contributed by atoms with E-state index in [-0.39, 0.29) is 5.79 Å². The van der Waals surface area contributed by atoms with Crippen LogP contribution in [0.5, 0.6) is 0 Å². The largest absolute Gasteiger partial charge is 0.390 e. The Balaban J connectivity index is 1.64. The van der Waals surface area contributed by atoms with Crippen LogP contribution in [-0.2, 0) is 9.47 Å². The highest BCUT2D eigenvalue weighted by molar-refractivity contribution is 4.97.